The maximum absolute atomic E-state index is 13.1. The normalized spacial score (nSPS) is 31.8. The van der Waals surface area contributed by atoms with Crippen LogP contribution < -0.4 is 5.32 Å². The first kappa shape index (κ1) is 14.0. The van der Waals surface area contributed by atoms with Crippen LogP contribution in [0.4, 0.5) is 0 Å². The topological polar surface area (TPSA) is 32.3 Å². The molecule has 118 valence electrons. The first-order valence-electron chi connectivity index (χ1n) is 9.32. The number of amides is 1. The molecule has 1 spiro atoms. The highest BCUT2D eigenvalue weighted by Gasteiger charge is 2.53. The minimum Gasteiger partial charge on any atom is -0.325 e. The van der Waals surface area contributed by atoms with Crippen molar-refractivity contribution < 1.29 is 4.79 Å². The van der Waals surface area contributed by atoms with Crippen molar-refractivity contribution in [2.45, 2.75) is 82.8 Å². The fraction of sp³-hybridized carbons (Fsp3) is 0.944. The van der Waals surface area contributed by atoms with Gasteiger partial charge in [0.05, 0.1) is 11.7 Å². The zero-order chi connectivity index (χ0) is 14.4. The predicted octanol–water partition coefficient (Wildman–Crippen LogP) is 3.29. The summed E-state index contributed by atoms with van der Waals surface area (Å²) in [5.41, 5.74) is -0.169. The van der Waals surface area contributed by atoms with Crippen molar-refractivity contribution in [1.29, 1.82) is 0 Å². The fourth-order valence-electron chi connectivity index (χ4n) is 4.88. The second-order valence-corrected chi connectivity index (χ2v) is 8.03. The van der Waals surface area contributed by atoms with Crippen LogP contribution in [0.5, 0.6) is 0 Å². The molecule has 0 radical (unpaired) electrons. The lowest BCUT2D eigenvalue weighted by molar-refractivity contribution is -0.134. The molecule has 1 aliphatic heterocycles. The zero-order valence-corrected chi connectivity index (χ0v) is 13.4. The van der Waals surface area contributed by atoms with E-state index in [4.69, 9.17) is 0 Å². The Morgan fingerprint density at radius 1 is 1.19 bits per heavy atom. The lowest BCUT2D eigenvalue weighted by Crippen LogP contribution is -2.44. The van der Waals surface area contributed by atoms with Gasteiger partial charge in [0.2, 0.25) is 5.91 Å². The molecule has 4 aliphatic rings. The number of carbonyl (C=O) groups excluding carboxylic acids is 1. The maximum atomic E-state index is 13.1. The van der Waals surface area contributed by atoms with Gasteiger partial charge in [-0.25, -0.2) is 0 Å². The lowest BCUT2D eigenvalue weighted by Gasteiger charge is -2.29. The van der Waals surface area contributed by atoms with E-state index in [1.807, 2.05) is 0 Å². The van der Waals surface area contributed by atoms with Gasteiger partial charge >= 0.3 is 0 Å². The van der Waals surface area contributed by atoms with Crippen LogP contribution in [0.2, 0.25) is 0 Å². The third-order valence-electron chi connectivity index (χ3n) is 6.37. The van der Waals surface area contributed by atoms with Crippen molar-refractivity contribution in [2.24, 2.45) is 17.8 Å². The SMILES string of the molecule is CCCC1NC2(CCCC2)C(=O)N1CC(C1CC1)C1CC1. The van der Waals surface area contributed by atoms with Crippen molar-refractivity contribution in [1.82, 2.24) is 10.2 Å². The van der Waals surface area contributed by atoms with Gasteiger partial charge in [0.15, 0.2) is 0 Å². The summed E-state index contributed by atoms with van der Waals surface area (Å²) >= 11 is 0. The number of hydrogen-bond acceptors (Lipinski definition) is 2. The highest BCUT2D eigenvalue weighted by atomic mass is 16.2. The van der Waals surface area contributed by atoms with Crippen LogP contribution in [0.1, 0.15) is 71.1 Å². The van der Waals surface area contributed by atoms with Gasteiger partial charge in [-0.3, -0.25) is 10.1 Å². The van der Waals surface area contributed by atoms with Crippen LogP contribution in [0, 0.1) is 17.8 Å². The molecule has 3 nitrogen and oxygen atoms in total. The number of rotatable bonds is 6. The Balaban J connectivity index is 1.51. The van der Waals surface area contributed by atoms with E-state index in [9.17, 15) is 4.79 Å². The summed E-state index contributed by atoms with van der Waals surface area (Å²) in [4.78, 5) is 15.4. The van der Waals surface area contributed by atoms with E-state index in [2.05, 4.69) is 17.1 Å². The van der Waals surface area contributed by atoms with Crippen molar-refractivity contribution in [3.63, 3.8) is 0 Å². The van der Waals surface area contributed by atoms with Crippen molar-refractivity contribution in [3.8, 4) is 0 Å². The molecule has 1 unspecified atom stereocenters. The summed E-state index contributed by atoms with van der Waals surface area (Å²) in [5, 5.41) is 3.77. The van der Waals surface area contributed by atoms with Gasteiger partial charge in [-0.1, -0.05) is 26.2 Å². The Labute approximate surface area is 128 Å². The lowest BCUT2D eigenvalue weighted by atomic mass is 9.95. The number of carbonyl (C=O) groups is 1. The molecule has 4 fully saturated rings. The molecule has 1 amide bonds. The first-order chi connectivity index (χ1) is 10.2. The molecule has 1 heterocycles. The molecule has 0 aromatic carbocycles. The molecule has 0 aromatic rings. The molecule has 1 saturated heterocycles. The Morgan fingerprint density at radius 2 is 1.81 bits per heavy atom. The van der Waals surface area contributed by atoms with Crippen molar-refractivity contribution in [2.75, 3.05) is 6.54 Å². The summed E-state index contributed by atoms with van der Waals surface area (Å²) in [6.45, 7) is 3.29. The zero-order valence-electron chi connectivity index (χ0n) is 13.4. The summed E-state index contributed by atoms with van der Waals surface area (Å²) in [7, 11) is 0. The Hall–Kier alpha value is -0.570. The molecule has 0 aromatic heterocycles. The second-order valence-electron chi connectivity index (χ2n) is 8.03. The fourth-order valence-corrected chi connectivity index (χ4v) is 4.88. The van der Waals surface area contributed by atoms with E-state index in [1.54, 1.807) is 0 Å². The summed E-state index contributed by atoms with van der Waals surface area (Å²) in [6.07, 6.45) is 12.9. The molecule has 1 N–H and O–H groups in total. The number of hydrogen-bond donors (Lipinski definition) is 1. The van der Waals surface area contributed by atoms with Crippen molar-refractivity contribution >= 4 is 5.91 Å². The van der Waals surface area contributed by atoms with Gasteiger partial charge in [0, 0.05) is 6.54 Å². The Bertz CT molecular complexity index is 395. The van der Waals surface area contributed by atoms with Crippen LogP contribution in [-0.4, -0.2) is 29.1 Å². The molecule has 4 rings (SSSR count). The highest BCUT2D eigenvalue weighted by molar-refractivity contribution is 5.89. The molecule has 21 heavy (non-hydrogen) atoms. The van der Waals surface area contributed by atoms with E-state index >= 15 is 0 Å². The monoisotopic (exact) mass is 290 g/mol. The minimum atomic E-state index is -0.169. The summed E-state index contributed by atoms with van der Waals surface area (Å²) in [6, 6.07) is 0. The Kier molecular flexibility index (Phi) is 3.52. The smallest absolute Gasteiger partial charge is 0.244 e. The number of nitrogens with one attached hydrogen (secondary N) is 1. The van der Waals surface area contributed by atoms with E-state index in [0.29, 0.717) is 12.1 Å². The van der Waals surface area contributed by atoms with Gasteiger partial charge in [-0.15, -0.1) is 0 Å². The summed E-state index contributed by atoms with van der Waals surface area (Å²) in [5.74, 6) is 3.14. The highest BCUT2D eigenvalue weighted by Crippen LogP contribution is 2.50. The number of nitrogens with zero attached hydrogens (tertiary/aromatic N) is 1. The standard InChI is InChI=1S/C18H30N2O/c1-2-5-16-19-18(10-3-4-11-18)17(21)20(16)12-15(13-6-7-13)14-8-9-14/h13-16,19H,2-12H2,1H3. The van der Waals surface area contributed by atoms with E-state index < -0.39 is 0 Å². The van der Waals surface area contributed by atoms with Crippen LogP contribution in [-0.2, 0) is 4.79 Å². The third kappa shape index (κ3) is 2.52. The van der Waals surface area contributed by atoms with E-state index in [1.165, 1.54) is 38.5 Å². The Morgan fingerprint density at radius 3 is 2.33 bits per heavy atom. The van der Waals surface area contributed by atoms with Crippen LogP contribution in [0.25, 0.3) is 0 Å². The summed E-state index contributed by atoms with van der Waals surface area (Å²) < 4.78 is 0. The third-order valence-corrected chi connectivity index (χ3v) is 6.37. The molecule has 3 heteroatoms. The average molecular weight is 290 g/mol. The first-order valence-corrected chi connectivity index (χ1v) is 9.32. The van der Waals surface area contributed by atoms with Gasteiger partial charge in [0.1, 0.15) is 0 Å². The second kappa shape index (κ2) is 5.26. The molecule has 3 saturated carbocycles. The van der Waals surface area contributed by atoms with Gasteiger partial charge in [-0.2, -0.15) is 0 Å². The van der Waals surface area contributed by atoms with Gasteiger partial charge < -0.3 is 4.90 Å². The molecule has 3 aliphatic carbocycles. The van der Waals surface area contributed by atoms with E-state index in [0.717, 1.165) is 50.0 Å². The van der Waals surface area contributed by atoms with Gasteiger partial charge in [-0.05, 0) is 62.7 Å². The molecular formula is C18H30N2O. The average Bonchev–Trinajstić information content (AvgIpc) is 3.40. The predicted molar refractivity (Wildman–Crippen MR) is 83.7 cm³/mol. The maximum Gasteiger partial charge on any atom is 0.244 e. The largest absolute Gasteiger partial charge is 0.325 e. The van der Waals surface area contributed by atoms with Crippen LogP contribution >= 0.6 is 0 Å². The molecule has 0 bridgehead atoms. The van der Waals surface area contributed by atoms with Crippen LogP contribution in [0.15, 0.2) is 0 Å². The van der Waals surface area contributed by atoms with E-state index in [-0.39, 0.29) is 5.54 Å². The quantitative estimate of drug-likeness (QED) is 0.814. The molecule has 1 atom stereocenters. The minimum absolute atomic E-state index is 0.169. The van der Waals surface area contributed by atoms with Crippen LogP contribution in [0.3, 0.4) is 0 Å². The van der Waals surface area contributed by atoms with Gasteiger partial charge in [0.25, 0.3) is 0 Å². The molecular weight excluding hydrogens is 260 g/mol. The van der Waals surface area contributed by atoms with Crippen molar-refractivity contribution in [3.05, 3.63) is 0 Å².